The number of nitrogens with one attached hydrogen (secondary N) is 3. The summed E-state index contributed by atoms with van der Waals surface area (Å²) < 4.78 is 14.6. The van der Waals surface area contributed by atoms with Crippen LogP contribution in [-0.4, -0.2) is 37.6 Å². The number of aliphatic hydroxyl groups is 1. The van der Waals surface area contributed by atoms with Gasteiger partial charge in [0.25, 0.3) is 0 Å². The third-order valence-corrected chi connectivity index (χ3v) is 4.72. The number of benzene rings is 1. The Morgan fingerprint density at radius 2 is 2.06 bits per heavy atom. The van der Waals surface area contributed by atoms with Crippen molar-refractivity contribution in [2.24, 2.45) is 0 Å². The van der Waals surface area contributed by atoms with E-state index in [1.165, 1.54) is 18.3 Å². The molecule has 4 aromatic rings. The summed E-state index contributed by atoms with van der Waals surface area (Å²) in [6.45, 7) is 3.92. The molecule has 2 amide bonds. The maximum absolute atomic E-state index is 14.6. The molecule has 0 spiro atoms. The molecular formula is C22H21FN6O2. The van der Waals surface area contributed by atoms with Gasteiger partial charge in [0.2, 0.25) is 5.95 Å². The number of aromatic amines is 1. The number of amides is 2. The number of nitrogens with zero attached hydrogens (tertiary/aromatic N) is 3. The minimum atomic E-state index is -0.677. The van der Waals surface area contributed by atoms with Crippen molar-refractivity contribution in [2.45, 2.75) is 20.0 Å². The number of hydrogen-bond acceptors (Lipinski definition) is 5. The van der Waals surface area contributed by atoms with Crippen molar-refractivity contribution in [1.29, 1.82) is 0 Å². The fraction of sp³-hybridized carbons (Fsp3) is 0.182. The van der Waals surface area contributed by atoms with E-state index < -0.39 is 18.0 Å². The van der Waals surface area contributed by atoms with Crippen LogP contribution in [0.25, 0.3) is 33.4 Å². The van der Waals surface area contributed by atoms with Crippen LogP contribution in [0, 0.1) is 5.82 Å². The first-order valence-corrected chi connectivity index (χ1v) is 9.80. The van der Waals surface area contributed by atoms with E-state index in [1.807, 2.05) is 19.1 Å². The van der Waals surface area contributed by atoms with E-state index in [1.54, 1.807) is 25.3 Å². The van der Waals surface area contributed by atoms with Gasteiger partial charge in [-0.3, -0.25) is 15.3 Å². The predicted octanol–water partition coefficient (Wildman–Crippen LogP) is 4.02. The molecule has 0 unspecified atom stereocenters. The molecule has 4 rings (SSSR count). The van der Waals surface area contributed by atoms with Gasteiger partial charge in [-0.15, -0.1) is 0 Å². The number of anilines is 1. The Bertz CT molecular complexity index is 1240. The van der Waals surface area contributed by atoms with Gasteiger partial charge in [0.1, 0.15) is 11.5 Å². The Balaban J connectivity index is 1.86. The largest absolute Gasteiger partial charge is 0.387 e. The third kappa shape index (κ3) is 4.22. The molecule has 0 aliphatic heterocycles. The van der Waals surface area contributed by atoms with Crippen molar-refractivity contribution in [3.8, 4) is 22.4 Å². The Morgan fingerprint density at radius 1 is 1.23 bits per heavy atom. The highest BCUT2D eigenvalue weighted by atomic mass is 19.1. The van der Waals surface area contributed by atoms with Gasteiger partial charge >= 0.3 is 6.03 Å². The third-order valence-electron chi connectivity index (χ3n) is 4.72. The summed E-state index contributed by atoms with van der Waals surface area (Å²) in [5.41, 5.74) is 3.80. The molecule has 0 bridgehead atoms. The predicted molar refractivity (Wildman–Crippen MR) is 116 cm³/mol. The van der Waals surface area contributed by atoms with Crippen LogP contribution in [0.5, 0.6) is 0 Å². The molecule has 8 nitrogen and oxygen atoms in total. The number of rotatable bonds is 5. The second kappa shape index (κ2) is 8.49. The van der Waals surface area contributed by atoms with Crippen LogP contribution >= 0.6 is 0 Å². The van der Waals surface area contributed by atoms with Crippen LogP contribution in [0.4, 0.5) is 15.1 Å². The van der Waals surface area contributed by atoms with E-state index in [2.05, 4.69) is 30.6 Å². The lowest BCUT2D eigenvalue weighted by Crippen LogP contribution is -2.28. The van der Waals surface area contributed by atoms with Crippen LogP contribution < -0.4 is 10.6 Å². The van der Waals surface area contributed by atoms with Gasteiger partial charge < -0.3 is 15.4 Å². The van der Waals surface area contributed by atoms with Gasteiger partial charge in [-0.1, -0.05) is 6.07 Å². The zero-order chi connectivity index (χ0) is 22.0. The number of urea groups is 1. The zero-order valence-electron chi connectivity index (χ0n) is 17.0. The smallest absolute Gasteiger partial charge is 0.321 e. The average molecular weight is 420 g/mol. The Morgan fingerprint density at radius 3 is 2.74 bits per heavy atom. The first kappa shape index (κ1) is 20.4. The molecule has 4 N–H and O–H groups in total. The monoisotopic (exact) mass is 420 g/mol. The van der Waals surface area contributed by atoms with Crippen LogP contribution in [0.1, 0.15) is 25.6 Å². The lowest BCUT2D eigenvalue weighted by molar-refractivity contribution is 0.194. The van der Waals surface area contributed by atoms with Crippen LogP contribution in [0.3, 0.4) is 0 Å². The maximum Gasteiger partial charge on any atom is 0.321 e. The van der Waals surface area contributed by atoms with E-state index in [0.717, 1.165) is 11.1 Å². The summed E-state index contributed by atoms with van der Waals surface area (Å²) in [6.07, 6.45) is 2.48. The molecule has 9 heteroatoms. The highest BCUT2D eigenvalue weighted by molar-refractivity contribution is 5.98. The summed E-state index contributed by atoms with van der Waals surface area (Å²) in [7, 11) is 0. The molecule has 0 aliphatic rings. The molecule has 3 heterocycles. The number of aromatic nitrogens is 4. The number of pyridine rings is 2. The summed E-state index contributed by atoms with van der Waals surface area (Å²) in [6, 6.07) is 9.63. The lowest BCUT2D eigenvalue weighted by Gasteiger charge is -2.09. The van der Waals surface area contributed by atoms with E-state index in [0.29, 0.717) is 28.8 Å². The molecule has 0 saturated heterocycles. The first-order valence-electron chi connectivity index (χ1n) is 9.80. The molecule has 0 saturated carbocycles. The van der Waals surface area contributed by atoms with Crippen molar-refractivity contribution in [2.75, 3.05) is 11.9 Å². The number of fused-ring (bicyclic) bond motifs is 1. The SMILES string of the molecule is CCNC(=O)Nc1nc2cc(-c3ccc([C@H](C)O)nc3)cc(-c3ncccc3F)c2[nH]1. The fourth-order valence-electron chi connectivity index (χ4n) is 3.25. The Kier molecular flexibility index (Phi) is 5.59. The summed E-state index contributed by atoms with van der Waals surface area (Å²) >= 11 is 0. The van der Waals surface area contributed by atoms with E-state index in [-0.39, 0.29) is 11.6 Å². The van der Waals surface area contributed by atoms with Crippen molar-refractivity contribution in [3.05, 3.63) is 60.3 Å². The standard InChI is InChI=1S/C22H21FN6O2/c1-3-24-22(31)29-21-27-18-10-14(13-6-7-17(12(2)30)26-11-13)9-15(20(18)28-21)19-16(23)5-4-8-25-19/h4-12,30H,3H2,1-2H3,(H3,24,27,28,29,31)/t12-/m0/s1. The zero-order valence-corrected chi connectivity index (χ0v) is 17.0. The van der Waals surface area contributed by atoms with Gasteiger partial charge in [-0.05, 0) is 49.7 Å². The number of H-pyrrole nitrogens is 1. The lowest BCUT2D eigenvalue weighted by atomic mass is 10.0. The van der Waals surface area contributed by atoms with E-state index in [4.69, 9.17) is 0 Å². The van der Waals surface area contributed by atoms with Gasteiger partial charge in [0.05, 0.1) is 22.8 Å². The fourth-order valence-corrected chi connectivity index (χ4v) is 3.25. The molecule has 1 aromatic carbocycles. The van der Waals surface area contributed by atoms with Gasteiger partial charge in [-0.2, -0.15) is 0 Å². The van der Waals surface area contributed by atoms with Crippen LogP contribution in [0.2, 0.25) is 0 Å². The molecule has 158 valence electrons. The van der Waals surface area contributed by atoms with Gasteiger partial charge in [-0.25, -0.2) is 14.2 Å². The number of hydrogen-bond donors (Lipinski definition) is 4. The number of imidazole rings is 1. The minimum Gasteiger partial charge on any atom is -0.387 e. The summed E-state index contributed by atoms with van der Waals surface area (Å²) in [5, 5.41) is 15.0. The topological polar surface area (TPSA) is 116 Å². The van der Waals surface area contributed by atoms with Crippen LogP contribution in [0.15, 0.2) is 48.8 Å². The van der Waals surface area contributed by atoms with Crippen LogP contribution in [-0.2, 0) is 0 Å². The average Bonchev–Trinajstić information content (AvgIpc) is 3.16. The van der Waals surface area contributed by atoms with E-state index in [9.17, 15) is 14.3 Å². The highest BCUT2D eigenvalue weighted by Crippen LogP contribution is 2.34. The highest BCUT2D eigenvalue weighted by Gasteiger charge is 2.17. The summed E-state index contributed by atoms with van der Waals surface area (Å²) in [5.74, 6) is -0.241. The molecule has 1 atom stereocenters. The second-order valence-electron chi connectivity index (χ2n) is 6.97. The second-order valence-corrected chi connectivity index (χ2v) is 6.97. The molecule has 0 aliphatic carbocycles. The molecule has 0 fully saturated rings. The Hall–Kier alpha value is -3.85. The first-order chi connectivity index (χ1) is 15.0. The normalized spacial score (nSPS) is 12.0. The molecule has 0 radical (unpaired) electrons. The van der Waals surface area contributed by atoms with Crippen molar-refractivity contribution in [1.82, 2.24) is 25.3 Å². The van der Waals surface area contributed by atoms with Gasteiger partial charge in [0.15, 0.2) is 0 Å². The van der Waals surface area contributed by atoms with Crippen molar-refractivity contribution >= 4 is 23.0 Å². The maximum atomic E-state index is 14.6. The Labute approximate surface area is 177 Å². The molecule has 3 aromatic heterocycles. The quantitative estimate of drug-likeness (QED) is 0.389. The van der Waals surface area contributed by atoms with E-state index >= 15 is 0 Å². The number of halogens is 1. The minimum absolute atomic E-state index is 0.163. The molecular weight excluding hydrogens is 399 g/mol. The number of carbonyl (C=O) groups excluding carboxylic acids is 1. The summed E-state index contributed by atoms with van der Waals surface area (Å²) in [4.78, 5) is 27.9. The number of aliphatic hydroxyl groups excluding tert-OH is 1. The van der Waals surface area contributed by atoms with Crippen molar-refractivity contribution in [3.63, 3.8) is 0 Å². The number of carbonyl (C=O) groups is 1. The van der Waals surface area contributed by atoms with Crippen molar-refractivity contribution < 1.29 is 14.3 Å². The molecule has 31 heavy (non-hydrogen) atoms. The van der Waals surface area contributed by atoms with Gasteiger partial charge in [0, 0.05) is 30.1 Å².